The van der Waals surface area contributed by atoms with Crippen molar-refractivity contribution in [1.82, 2.24) is 15.0 Å². The topological polar surface area (TPSA) is 41.9 Å². The van der Waals surface area contributed by atoms with E-state index in [1.807, 2.05) is 47.4 Å². The van der Waals surface area contributed by atoms with Gasteiger partial charge in [0.05, 0.1) is 18.3 Å². The molecule has 26 heavy (non-hydrogen) atoms. The van der Waals surface area contributed by atoms with Crippen LogP contribution in [0.2, 0.25) is 5.02 Å². The second kappa shape index (κ2) is 7.06. The summed E-state index contributed by atoms with van der Waals surface area (Å²) < 4.78 is 13.8. The van der Waals surface area contributed by atoms with Crippen molar-refractivity contribution in [3.05, 3.63) is 89.5 Å². The van der Waals surface area contributed by atoms with Crippen molar-refractivity contribution in [3.8, 4) is 0 Å². The number of hydrogen-bond acceptors (Lipinski definition) is 4. The van der Waals surface area contributed by atoms with E-state index < -0.39 is 0 Å². The molecule has 0 atom stereocenters. The summed E-state index contributed by atoms with van der Waals surface area (Å²) in [5.74, 6) is 0.164. The summed E-state index contributed by atoms with van der Waals surface area (Å²) in [6.07, 6.45) is 3.37. The molecule has 0 fully saturated rings. The first kappa shape index (κ1) is 16.4. The molecule has 0 aliphatic rings. The van der Waals surface area contributed by atoms with E-state index in [1.165, 1.54) is 12.1 Å². The third-order valence-electron chi connectivity index (χ3n) is 3.95. The summed E-state index contributed by atoms with van der Waals surface area (Å²) in [4.78, 5) is 15.1. The van der Waals surface area contributed by atoms with E-state index in [0.29, 0.717) is 28.7 Å². The number of rotatable bonds is 4. The number of anilines is 2. The molecule has 0 spiro atoms. The minimum Gasteiger partial charge on any atom is -0.306 e. The van der Waals surface area contributed by atoms with Crippen LogP contribution in [0.4, 0.5) is 16.0 Å². The average Bonchev–Trinajstić information content (AvgIpc) is 2.67. The third kappa shape index (κ3) is 3.48. The zero-order valence-corrected chi connectivity index (χ0v) is 14.4. The van der Waals surface area contributed by atoms with Gasteiger partial charge in [0.1, 0.15) is 11.3 Å². The lowest BCUT2D eigenvalue weighted by Crippen LogP contribution is -2.19. The number of halogens is 2. The lowest BCUT2D eigenvalue weighted by atomic mass is 10.2. The lowest BCUT2D eigenvalue weighted by molar-refractivity contribution is 0.627. The fourth-order valence-electron chi connectivity index (χ4n) is 2.68. The van der Waals surface area contributed by atoms with Gasteiger partial charge in [0.25, 0.3) is 0 Å². The van der Waals surface area contributed by atoms with Gasteiger partial charge in [-0.05, 0) is 48.0 Å². The van der Waals surface area contributed by atoms with Gasteiger partial charge in [0, 0.05) is 16.9 Å². The van der Waals surface area contributed by atoms with E-state index in [2.05, 4.69) is 15.0 Å². The molecule has 2 heterocycles. The van der Waals surface area contributed by atoms with E-state index >= 15 is 0 Å². The van der Waals surface area contributed by atoms with Crippen LogP contribution in [0.3, 0.4) is 0 Å². The van der Waals surface area contributed by atoms with Gasteiger partial charge in [-0.25, -0.2) is 14.4 Å². The molecular formula is C20H14ClFN4. The molecule has 0 saturated heterocycles. The van der Waals surface area contributed by atoms with E-state index in [-0.39, 0.29) is 5.82 Å². The van der Waals surface area contributed by atoms with Crippen molar-refractivity contribution in [2.24, 2.45) is 0 Å². The van der Waals surface area contributed by atoms with Crippen molar-refractivity contribution in [2.75, 3.05) is 4.90 Å². The molecule has 2 aromatic heterocycles. The minimum atomic E-state index is -0.314. The largest absolute Gasteiger partial charge is 0.306 e. The van der Waals surface area contributed by atoms with Gasteiger partial charge in [-0.15, -0.1) is 0 Å². The Morgan fingerprint density at radius 2 is 1.77 bits per heavy atom. The number of hydrogen-bond donors (Lipinski definition) is 0. The molecule has 0 amide bonds. The van der Waals surface area contributed by atoms with Crippen LogP contribution in [-0.2, 0) is 6.54 Å². The number of pyridine rings is 1. The van der Waals surface area contributed by atoms with E-state index in [9.17, 15) is 4.39 Å². The van der Waals surface area contributed by atoms with Crippen molar-refractivity contribution >= 4 is 34.3 Å². The third-order valence-corrected chi connectivity index (χ3v) is 4.21. The summed E-state index contributed by atoms with van der Waals surface area (Å²) >= 11 is 5.97. The van der Waals surface area contributed by atoms with Gasteiger partial charge >= 0.3 is 0 Å². The Labute approximate surface area is 154 Å². The molecule has 0 aliphatic heterocycles. The molecule has 0 bridgehead atoms. The first-order chi connectivity index (χ1) is 12.7. The summed E-state index contributed by atoms with van der Waals surface area (Å²) in [6.45, 7) is 0.479. The zero-order valence-electron chi connectivity index (χ0n) is 13.7. The van der Waals surface area contributed by atoms with Crippen LogP contribution >= 0.6 is 11.6 Å². The summed E-state index contributed by atoms with van der Waals surface area (Å²) in [5, 5.41) is 0.666. The average molecular weight is 365 g/mol. The maximum atomic E-state index is 13.8. The Hall–Kier alpha value is -3.05. The number of benzene rings is 2. The molecule has 0 N–H and O–H groups in total. The summed E-state index contributed by atoms with van der Waals surface area (Å²) in [6, 6.07) is 17.6. The van der Waals surface area contributed by atoms with E-state index in [4.69, 9.17) is 11.6 Å². The predicted octanol–water partition coefficient (Wildman–Crippen LogP) is 5.16. The van der Waals surface area contributed by atoms with Crippen LogP contribution in [0, 0.1) is 5.82 Å². The van der Waals surface area contributed by atoms with Crippen LogP contribution in [0.25, 0.3) is 11.0 Å². The van der Waals surface area contributed by atoms with Crippen molar-refractivity contribution in [3.63, 3.8) is 0 Å². The lowest BCUT2D eigenvalue weighted by Gasteiger charge is -2.23. The highest BCUT2D eigenvalue weighted by Gasteiger charge is 2.15. The molecule has 128 valence electrons. The molecule has 4 nitrogen and oxygen atoms in total. The Kier molecular flexibility index (Phi) is 4.46. The SMILES string of the molecule is Fc1cccc(N(Cc2ccc(Cl)cc2)c2ncc3ncccc3n2)c1. The number of nitrogens with zero attached hydrogens (tertiary/aromatic N) is 4. The maximum Gasteiger partial charge on any atom is 0.230 e. The standard InChI is InChI=1S/C20H14ClFN4/c21-15-8-6-14(7-9-15)13-26(17-4-1-3-16(22)11-17)20-24-12-19-18(25-20)5-2-10-23-19/h1-12H,13H2. The first-order valence-corrected chi connectivity index (χ1v) is 8.42. The summed E-state index contributed by atoms with van der Waals surface area (Å²) in [5.41, 5.74) is 3.12. The van der Waals surface area contributed by atoms with Gasteiger partial charge in [-0.2, -0.15) is 0 Å². The minimum absolute atomic E-state index is 0.314. The van der Waals surface area contributed by atoms with Gasteiger partial charge in [-0.3, -0.25) is 4.98 Å². The fraction of sp³-hybridized carbons (Fsp3) is 0.0500. The smallest absolute Gasteiger partial charge is 0.230 e. The monoisotopic (exact) mass is 364 g/mol. The van der Waals surface area contributed by atoms with E-state index in [0.717, 1.165) is 11.1 Å². The molecule has 0 saturated carbocycles. The number of aromatic nitrogens is 3. The molecule has 0 unspecified atom stereocenters. The molecule has 2 aromatic carbocycles. The number of fused-ring (bicyclic) bond motifs is 1. The van der Waals surface area contributed by atoms with Crippen molar-refractivity contribution < 1.29 is 4.39 Å². The molecule has 4 rings (SSSR count). The van der Waals surface area contributed by atoms with Crippen molar-refractivity contribution in [2.45, 2.75) is 6.54 Å². The van der Waals surface area contributed by atoms with Crippen LogP contribution in [0.5, 0.6) is 0 Å². The Morgan fingerprint density at radius 3 is 2.58 bits per heavy atom. The fourth-order valence-corrected chi connectivity index (χ4v) is 2.81. The van der Waals surface area contributed by atoms with Gasteiger partial charge in [0.15, 0.2) is 0 Å². The molecule has 0 aliphatic carbocycles. The van der Waals surface area contributed by atoms with Gasteiger partial charge in [0.2, 0.25) is 5.95 Å². The molecule has 4 aromatic rings. The predicted molar refractivity (Wildman–Crippen MR) is 101 cm³/mol. The highest BCUT2D eigenvalue weighted by atomic mass is 35.5. The summed E-state index contributed by atoms with van der Waals surface area (Å²) in [7, 11) is 0. The molecule has 6 heteroatoms. The second-order valence-corrected chi connectivity index (χ2v) is 6.21. The van der Waals surface area contributed by atoms with E-state index in [1.54, 1.807) is 18.5 Å². The van der Waals surface area contributed by atoms with Gasteiger partial charge in [-0.1, -0.05) is 29.8 Å². The Bertz CT molecular complexity index is 1050. The van der Waals surface area contributed by atoms with Crippen LogP contribution in [0.1, 0.15) is 5.56 Å². The zero-order chi connectivity index (χ0) is 17.9. The highest BCUT2D eigenvalue weighted by Crippen LogP contribution is 2.26. The van der Waals surface area contributed by atoms with Crippen LogP contribution in [0.15, 0.2) is 73.1 Å². The molecule has 0 radical (unpaired) electrons. The Balaban J connectivity index is 1.79. The highest BCUT2D eigenvalue weighted by molar-refractivity contribution is 6.30. The van der Waals surface area contributed by atoms with Crippen LogP contribution < -0.4 is 4.90 Å². The van der Waals surface area contributed by atoms with Gasteiger partial charge < -0.3 is 4.90 Å². The van der Waals surface area contributed by atoms with Crippen LogP contribution in [-0.4, -0.2) is 15.0 Å². The quantitative estimate of drug-likeness (QED) is 0.502. The normalized spacial score (nSPS) is 10.8. The Morgan fingerprint density at radius 1 is 0.923 bits per heavy atom. The molecular weight excluding hydrogens is 351 g/mol. The second-order valence-electron chi connectivity index (χ2n) is 5.77. The van der Waals surface area contributed by atoms with Crippen molar-refractivity contribution in [1.29, 1.82) is 0 Å². The first-order valence-electron chi connectivity index (χ1n) is 8.04. The maximum absolute atomic E-state index is 13.8.